The van der Waals surface area contributed by atoms with Crippen LogP contribution in [0, 0.1) is 10.1 Å². The summed E-state index contributed by atoms with van der Waals surface area (Å²) >= 11 is 12.0. The molecule has 106 valence electrons. The van der Waals surface area contributed by atoms with Gasteiger partial charge >= 0.3 is 0 Å². The number of anilines is 1. The van der Waals surface area contributed by atoms with E-state index in [1.807, 2.05) is 0 Å². The van der Waals surface area contributed by atoms with Crippen LogP contribution in [0.5, 0.6) is 0 Å². The van der Waals surface area contributed by atoms with Crippen LogP contribution >= 0.6 is 23.2 Å². The van der Waals surface area contributed by atoms with Gasteiger partial charge < -0.3 is 5.32 Å². The van der Waals surface area contributed by atoms with Gasteiger partial charge in [-0.3, -0.25) is 15.2 Å². The molecule has 1 aromatic carbocycles. The molecule has 0 saturated carbocycles. The molecule has 0 bridgehead atoms. The van der Waals surface area contributed by atoms with Gasteiger partial charge in [0.1, 0.15) is 12.2 Å². The first-order valence-corrected chi connectivity index (χ1v) is 6.55. The third kappa shape index (κ3) is 3.58. The van der Waals surface area contributed by atoms with E-state index in [0.29, 0.717) is 12.2 Å². The van der Waals surface area contributed by atoms with E-state index in [9.17, 15) is 10.1 Å². The number of aromatic nitrogens is 3. The second-order valence-electron chi connectivity index (χ2n) is 4.00. The Bertz CT molecular complexity index is 580. The third-order valence-corrected chi connectivity index (χ3v) is 3.19. The zero-order chi connectivity index (χ0) is 14.5. The van der Waals surface area contributed by atoms with Crippen LogP contribution in [0.25, 0.3) is 0 Å². The Labute approximate surface area is 124 Å². The number of hydrogen-bond donors (Lipinski definition) is 2. The standard InChI is InChI=1S/C11H11Cl2N5O2/c12-8-4-7(18(19)20)5-9(13)11(8)14-3-1-2-10-15-6-16-17-10/h4-6,14H,1-3H2,(H,15,16,17). The van der Waals surface area contributed by atoms with Crippen molar-refractivity contribution in [3.8, 4) is 0 Å². The number of hydrogen-bond acceptors (Lipinski definition) is 5. The van der Waals surface area contributed by atoms with E-state index in [1.54, 1.807) is 0 Å². The van der Waals surface area contributed by atoms with Gasteiger partial charge in [0.2, 0.25) is 0 Å². The van der Waals surface area contributed by atoms with E-state index in [2.05, 4.69) is 20.5 Å². The highest BCUT2D eigenvalue weighted by Crippen LogP contribution is 2.34. The van der Waals surface area contributed by atoms with Crippen molar-refractivity contribution in [2.75, 3.05) is 11.9 Å². The van der Waals surface area contributed by atoms with Crippen molar-refractivity contribution >= 4 is 34.6 Å². The number of nitrogens with one attached hydrogen (secondary N) is 2. The van der Waals surface area contributed by atoms with E-state index in [-0.39, 0.29) is 15.7 Å². The topological polar surface area (TPSA) is 96.7 Å². The number of benzene rings is 1. The second-order valence-corrected chi connectivity index (χ2v) is 4.82. The fourth-order valence-corrected chi connectivity index (χ4v) is 2.26. The first-order chi connectivity index (χ1) is 9.58. The van der Waals surface area contributed by atoms with Crippen molar-refractivity contribution < 1.29 is 4.92 Å². The Balaban J connectivity index is 1.94. The molecule has 20 heavy (non-hydrogen) atoms. The zero-order valence-electron chi connectivity index (χ0n) is 10.3. The molecule has 0 aliphatic heterocycles. The number of H-pyrrole nitrogens is 1. The largest absolute Gasteiger partial charge is 0.383 e. The molecule has 1 heterocycles. The first-order valence-electron chi connectivity index (χ1n) is 5.79. The van der Waals surface area contributed by atoms with Gasteiger partial charge in [0.25, 0.3) is 5.69 Å². The molecule has 0 unspecified atom stereocenters. The number of nitro groups is 1. The Morgan fingerprint density at radius 3 is 2.60 bits per heavy atom. The number of rotatable bonds is 6. The summed E-state index contributed by atoms with van der Waals surface area (Å²) in [6.45, 7) is 0.609. The molecule has 0 amide bonds. The summed E-state index contributed by atoms with van der Waals surface area (Å²) in [5.41, 5.74) is 0.365. The minimum atomic E-state index is -0.536. The lowest BCUT2D eigenvalue weighted by Crippen LogP contribution is -2.05. The van der Waals surface area contributed by atoms with Gasteiger partial charge in [-0.2, -0.15) is 5.10 Å². The quantitative estimate of drug-likeness (QED) is 0.485. The van der Waals surface area contributed by atoms with Crippen molar-refractivity contribution in [3.05, 3.63) is 44.4 Å². The van der Waals surface area contributed by atoms with Crippen LogP contribution in [0.2, 0.25) is 10.0 Å². The number of aryl methyl sites for hydroxylation is 1. The van der Waals surface area contributed by atoms with Crippen LogP contribution in [0.15, 0.2) is 18.5 Å². The molecule has 0 aliphatic carbocycles. The molecule has 9 heteroatoms. The van der Waals surface area contributed by atoms with Crippen molar-refractivity contribution in [3.63, 3.8) is 0 Å². The van der Waals surface area contributed by atoms with E-state index in [0.717, 1.165) is 18.7 Å². The molecule has 2 aromatic rings. The molecule has 0 aliphatic rings. The molecule has 0 atom stereocenters. The monoisotopic (exact) mass is 315 g/mol. The molecule has 0 fully saturated rings. The summed E-state index contributed by atoms with van der Waals surface area (Å²) in [6.07, 6.45) is 2.97. The summed E-state index contributed by atoms with van der Waals surface area (Å²) in [5, 5.41) is 20.7. The smallest absolute Gasteiger partial charge is 0.272 e. The maximum Gasteiger partial charge on any atom is 0.272 e. The maximum absolute atomic E-state index is 10.7. The van der Waals surface area contributed by atoms with E-state index in [4.69, 9.17) is 23.2 Å². The lowest BCUT2D eigenvalue weighted by atomic mass is 10.2. The number of halogens is 2. The first kappa shape index (κ1) is 14.5. The van der Waals surface area contributed by atoms with Crippen molar-refractivity contribution in [2.24, 2.45) is 0 Å². The third-order valence-electron chi connectivity index (χ3n) is 2.59. The van der Waals surface area contributed by atoms with Crippen molar-refractivity contribution in [1.82, 2.24) is 15.2 Å². The van der Waals surface area contributed by atoms with Crippen LogP contribution in [0.4, 0.5) is 11.4 Å². The molecule has 1 aromatic heterocycles. The van der Waals surface area contributed by atoms with Crippen LogP contribution in [-0.2, 0) is 6.42 Å². The molecule has 0 saturated heterocycles. The average molecular weight is 316 g/mol. The van der Waals surface area contributed by atoms with Gasteiger partial charge in [0.15, 0.2) is 0 Å². The van der Waals surface area contributed by atoms with E-state index < -0.39 is 4.92 Å². The number of nitro benzene ring substituents is 1. The molecular weight excluding hydrogens is 305 g/mol. The number of non-ortho nitro benzene ring substituents is 1. The highest BCUT2D eigenvalue weighted by Gasteiger charge is 2.14. The summed E-state index contributed by atoms with van der Waals surface area (Å²) in [5.74, 6) is 0.799. The highest BCUT2D eigenvalue weighted by atomic mass is 35.5. The maximum atomic E-state index is 10.7. The molecule has 7 nitrogen and oxygen atoms in total. The van der Waals surface area contributed by atoms with E-state index in [1.165, 1.54) is 18.5 Å². The molecule has 0 radical (unpaired) electrons. The minimum Gasteiger partial charge on any atom is -0.383 e. The molecular formula is C11H11Cl2N5O2. The van der Waals surface area contributed by atoms with Gasteiger partial charge in [-0.05, 0) is 6.42 Å². The van der Waals surface area contributed by atoms with E-state index >= 15 is 0 Å². The summed E-state index contributed by atoms with van der Waals surface area (Å²) < 4.78 is 0. The Morgan fingerprint density at radius 2 is 2.05 bits per heavy atom. The van der Waals surface area contributed by atoms with Crippen LogP contribution < -0.4 is 5.32 Å². The SMILES string of the molecule is O=[N+]([O-])c1cc(Cl)c(NCCCc2ncn[nH]2)c(Cl)c1. The zero-order valence-corrected chi connectivity index (χ0v) is 11.8. The van der Waals surface area contributed by atoms with Gasteiger partial charge in [-0.1, -0.05) is 23.2 Å². The van der Waals surface area contributed by atoms with Crippen LogP contribution in [0.3, 0.4) is 0 Å². The lowest BCUT2D eigenvalue weighted by molar-refractivity contribution is -0.384. The lowest BCUT2D eigenvalue weighted by Gasteiger charge is -2.09. The average Bonchev–Trinajstić information content (AvgIpc) is 2.89. The van der Waals surface area contributed by atoms with Crippen LogP contribution in [0.1, 0.15) is 12.2 Å². The Morgan fingerprint density at radius 1 is 1.35 bits per heavy atom. The summed E-state index contributed by atoms with van der Waals surface area (Å²) in [4.78, 5) is 14.1. The predicted molar refractivity (Wildman–Crippen MR) is 76.3 cm³/mol. The summed E-state index contributed by atoms with van der Waals surface area (Å²) in [6, 6.07) is 2.54. The molecule has 2 N–H and O–H groups in total. The van der Waals surface area contributed by atoms with Crippen LogP contribution in [-0.4, -0.2) is 26.6 Å². The van der Waals surface area contributed by atoms with Gasteiger partial charge in [0.05, 0.1) is 20.7 Å². The minimum absolute atomic E-state index is 0.132. The fourth-order valence-electron chi connectivity index (χ4n) is 1.65. The Kier molecular flexibility index (Phi) is 4.75. The van der Waals surface area contributed by atoms with Gasteiger partial charge in [-0.25, -0.2) is 4.98 Å². The van der Waals surface area contributed by atoms with Crippen molar-refractivity contribution in [1.29, 1.82) is 0 Å². The molecule has 2 rings (SSSR count). The Hall–Kier alpha value is -1.86. The fraction of sp³-hybridized carbons (Fsp3) is 0.273. The van der Waals surface area contributed by atoms with Gasteiger partial charge in [0, 0.05) is 25.1 Å². The normalized spacial score (nSPS) is 10.5. The van der Waals surface area contributed by atoms with Gasteiger partial charge in [-0.15, -0.1) is 0 Å². The highest BCUT2D eigenvalue weighted by molar-refractivity contribution is 6.39. The molecule has 0 spiro atoms. The van der Waals surface area contributed by atoms with Crippen molar-refractivity contribution in [2.45, 2.75) is 12.8 Å². The summed E-state index contributed by atoms with van der Waals surface area (Å²) in [7, 11) is 0. The number of nitrogens with zero attached hydrogens (tertiary/aromatic N) is 3. The number of aromatic amines is 1. The predicted octanol–water partition coefficient (Wildman–Crippen LogP) is 3.06. The second kappa shape index (κ2) is 6.53.